The number of hydrogen-bond acceptors (Lipinski definition) is 6. The van der Waals surface area contributed by atoms with Crippen LogP contribution in [-0.2, 0) is 24.0 Å². The smallest absolute Gasteiger partial charge is 0.320 e. The first-order valence-corrected chi connectivity index (χ1v) is 6.72. The number of aliphatic carboxylic acids is 2. The Morgan fingerprint density at radius 2 is 1.74 bits per heavy atom. The Hall–Kier alpha value is -2.75. The van der Waals surface area contributed by atoms with Gasteiger partial charge in [-0.05, 0) is 6.42 Å². The minimum absolute atomic E-state index is 0.203. The number of imide groups is 1. The molecule has 2 atom stereocenters. The van der Waals surface area contributed by atoms with Gasteiger partial charge in [-0.25, -0.2) is 0 Å². The highest BCUT2D eigenvalue weighted by molar-refractivity contribution is 6.15. The molecule has 10 heteroatoms. The number of likely N-dealkylation sites (N-methyl/N-ethyl adjacent to an activating group) is 1. The maximum atomic E-state index is 11.9. The number of carboxylic acids is 2. The lowest BCUT2D eigenvalue weighted by atomic mass is 10.1. The fraction of sp³-hybridized carbons (Fsp3) is 0.462. The molecular weight excluding hydrogens is 310 g/mol. The van der Waals surface area contributed by atoms with E-state index in [4.69, 9.17) is 10.2 Å². The van der Waals surface area contributed by atoms with E-state index in [-0.39, 0.29) is 19.4 Å². The number of rotatable bonds is 9. The summed E-state index contributed by atoms with van der Waals surface area (Å²) in [7, 11) is 1.31. The van der Waals surface area contributed by atoms with Gasteiger partial charge in [-0.2, -0.15) is 0 Å². The summed E-state index contributed by atoms with van der Waals surface area (Å²) in [6, 6.07) is -2.46. The molecule has 1 aliphatic heterocycles. The molecule has 2 unspecified atom stereocenters. The molecular formula is C13H17N3O7. The lowest BCUT2D eigenvalue weighted by Gasteiger charge is -2.26. The monoisotopic (exact) mass is 327 g/mol. The summed E-state index contributed by atoms with van der Waals surface area (Å²) in [6.45, 7) is -0.310. The number of carboxylic acid groups (broad SMARTS) is 2. The highest BCUT2D eigenvalue weighted by atomic mass is 16.4. The topological polar surface area (TPSA) is 153 Å². The molecule has 3 amide bonds. The highest BCUT2D eigenvalue weighted by Crippen LogP contribution is 2.10. The second-order valence-corrected chi connectivity index (χ2v) is 4.74. The maximum Gasteiger partial charge on any atom is 0.320 e. The van der Waals surface area contributed by atoms with Gasteiger partial charge in [-0.3, -0.25) is 28.9 Å². The lowest BCUT2D eigenvalue weighted by Crippen LogP contribution is -2.55. The summed E-state index contributed by atoms with van der Waals surface area (Å²) >= 11 is 0. The Labute approximate surface area is 131 Å². The minimum Gasteiger partial charge on any atom is -0.481 e. The van der Waals surface area contributed by atoms with Gasteiger partial charge in [0.1, 0.15) is 12.1 Å². The maximum absolute atomic E-state index is 11.9. The van der Waals surface area contributed by atoms with Crippen molar-refractivity contribution in [1.82, 2.24) is 15.5 Å². The van der Waals surface area contributed by atoms with Gasteiger partial charge in [0, 0.05) is 32.2 Å². The molecule has 0 aromatic heterocycles. The molecule has 0 aromatic rings. The van der Waals surface area contributed by atoms with E-state index in [1.54, 1.807) is 0 Å². The van der Waals surface area contributed by atoms with E-state index < -0.39 is 41.7 Å². The van der Waals surface area contributed by atoms with Crippen molar-refractivity contribution in [1.29, 1.82) is 0 Å². The van der Waals surface area contributed by atoms with Crippen LogP contribution in [0.25, 0.3) is 0 Å². The number of nitrogens with zero attached hydrogens (tertiary/aromatic N) is 1. The van der Waals surface area contributed by atoms with Crippen LogP contribution in [0.15, 0.2) is 12.2 Å². The zero-order chi connectivity index (χ0) is 17.6. The lowest BCUT2D eigenvalue weighted by molar-refractivity contribution is -0.145. The third-order valence-corrected chi connectivity index (χ3v) is 3.21. The van der Waals surface area contributed by atoms with Crippen LogP contribution < -0.4 is 10.6 Å². The van der Waals surface area contributed by atoms with Crippen LogP contribution in [0.2, 0.25) is 0 Å². The Balaban J connectivity index is 2.79. The second kappa shape index (κ2) is 8.03. The molecule has 126 valence electrons. The van der Waals surface area contributed by atoms with Gasteiger partial charge in [-0.15, -0.1) is 0 Å². The quantitative estimate of drug-likeness (QED) is 0.352. The SMILES string of the molecule is CNC(=O)C(CNC(CCC(=O)O)C(=O)O)N1C(=O)C=CC1=O. The van der Waals surface area contributed by atoms with Crippen LogP contribution in [-0.4, -0.2) is 70.4 Å². The fourth-order valence-corrected chi connectivity index (χ4v) is 2.02. The van der Waals surface area contributed by atoms with Crippen molar-refractivity contribution in [3.05, 3.63) is 12.2 Å². The Morgan fingerprint density at radius 1 is 1.17 bits per heavy atom. The molecule has 0 radical (unpaired) electrons. The second-order valence-electron chi connectivity index (χ2n) is 4.74. The number of carbonyl (C=O) groups excluding carboxylic acids is 3. The van der Waals surface area contributed by atoms with Crippen molar-refractivity contribution in [2.45, 2.75) is 24.9 Å². The number of carbonyl (C=O) groups is 5. The predicted octanol–water partition coefficient (Wildman–Crippen LogP) is -2.07. The van der Waals surface area contributed by atoms with Crippen LogP contribution >= 0.6 is 0 Å². The molecule has 0 fully saturated rings. The number of hydrogen-bond donors (Lipinski definition) is 4. The normalized spacial score (nSPS) is 16.3. The third-order valence-electron chi connectivity index (χ3n) is 3.21. The molecule has 0 spiro atoms. The fourth-order valence-electron chi connectivity index (χ4n) is 2.02. The molecule has 1 rings (SSSR count). The summed E-state index contributed by atoms with van der Waals surface area (Å²) in [4.78, 5) is 57.5. The molecule has 0 bridgehead atoms. The van der Waals surface area contributed by atoms with Crippen molar-refractivity contribution in [3.63, 3.8) is 0 Å². The Bertz CT molecular complexity index is 540. The van der Waals surface area contributed by atoms with E-state index in [0.29, 0.717) is 4.90 Å². The Kier molecular flexibility index (Phi) is 6.39. The van der Waals surface area contributed by atoms with E-state index in [2.05, 4.69) is 10.6 Å². The van der Waals surface area contributed by atoms with Crippen molar-refractivity contribution < 1.29 is 34.2 Å². The zero-order valence-electron chi connectivity index (χ0n) is 12.3. The van der Waals surface area contributed by atoms with Crippen molar-refractivity contribution in [2.75, 3.05) is 13.6 Å². The average molecular weight is 327 g/mol. The molecule has 0 saturated carbocycles. The standard InChI is InChI=1S/C13H17N3O7/c1-14-12(21)8(16-9(17)3-4-10(16)18)6-15-7(13(22)23)2-5-11(19)20/h3-4,7-8,15H,2,5-6H2,1H3,(H,14,21)(H,19,20)(H,22,23). The molecule has 0 aliphatic carbocycles. The third kappa shape index (κ3) is 4.88. The van der Waals surface area contributed by atoms with Crippen molar-refractivity contribution >= 4 is 29.7 Å². The first-order valence-electron chi connectivity index (χ1n) is 6.72. The first kappa shape index (κ1) is 18.3. The minimum atomic E-state index is -1.29. The van der Waals surface area contributed by atoms with Crippen LogP contribution in [0.1, 0.15) is 12.8 Å². The van der Waals surface area contributed by atoms with E-state index >= 15 is 0 Å². The molecule has 23 heavy (non-hydrogen) atoms. The molecule has 10 nitrogen and oxygen atoms in total. The molecule has 1 heterocycles. The molecule has 1 aliphatic rings. The summed E-state index contributed by atoms with van der Waals surface area (Å²) in [5.74, 6) is -4.45. The van der Waals surface area contributed by atoms with Crippen LogP contribution in [0, 0.1) is 0 Å². The van der Waals surface area contributed by atoms with E-state index in [0.717, 1.165) is 12.2 Å². The average Bonchev–Trinajstić information content (AvgIpc) is 2.81. The van der Waals surface area contributed by atoms with E-state index in [1.165, 1.54) is 7.05 Å². The molecule has 4 N–H and O–H groups in total. The van der Waals surface area contributed by atoms with E-state index in [1.807, 2.05) is 0 Å². The van der Waals surface area contributed by atoms with Gasteiger partial charge >= 0.3 is 11.9 Å². The van der Waals surface area contributed by atoms with Crippen molar-refractivity contribution in [3.8, 4) is 0 Å². The van der Waals surface area contributed by atoms with Gasteiger partial charge in [0.05, 0.1) is 0 Å². The van der Waals surface area contributed by atoms with Gasteiger partial charge in [0.25, 0.3) is 11.8 Å². The summed E-state index contributed by atoms with van der Waals surface area (Å²) in [6.07, 6.45) is 1.44. The van der Waals surface area contributed by atoms with E-state index in [9.17, 15) is 24.0 Å². The molecule has 0 aromatic carbocycles. The molecule has 0 saturated heterocycles. The number of amides is 3. The van der Waals surface area contributed by atoms with Crippen LogP contribution in [0.3, 0.4) is 0 Å². The van der Waals surface area contributed by atoms with Crippen LogP contribution in [0.5, 0.6) is 0 Å². The van der Waals surface area contributed by atoms with Crippen LogP contribution in [0.4, 0.5) is 0 Å². The van der Waals surface area contributed by atoms with Gasteiger partial charge < -0.3 is 20.8 Å². The highest BCUT2D eigenvalue weighted by Gasteiger charge is 2.36. The Morgan fingerprint density at radius 3 is 2.17 bits per heavy atom. The first-order chi connectivity index (χ1) is 10.8. The van der Waals surface area contributed by atoms with Gasteiger partial charge in [0.2, 0.25) is 5.91 Å². The van der Waals surface area contributed by atoms with Gasteiger partial charge in [-0.1, -0.05) is 0 Å². The zero-order valence-corrected chi connectivity index (χ0v) is 12.3. The number of nitrogens with one attached hydrogen (secondary N) is 2. The largest absolute Gasteiger partial charge is 0.481 e. The summed E-state index contributed by atoms with van der Waals surface area (Å²) in [5, 5.41) is 22.4. The van der Waals surface area contributed by atoms with Gasteiger partial charge in [0.15, 0.2) is 0 Å². The summed E-state index contributed by atoms with van der Waals surface area (Å²) < 4.78 is 0. The van der Waals surface area contributed by atoms with Crippen molar-refractivity contribution in [2.24, 2.45) is 0 Å². The predicted molar refractivity (Wildman–Crippen MR) is 75.1 cm³/mol. The summed E-state index contributed by atoms with van der Waals surface area (Å²) in [5.41, 5.74) is 0.